The molecule has 0 aliphatic heterocycles. The van der Waals surface area contributed by atoms with Gasteiger partial charge in [0, 0.05) is 28.2 Å². The van der Waals surface area contributed by atoms with E-state index in [4.69, 9.17) is 0 Å². The number of benzene rings is 3. The molecular weight excluding hydrogens is 430 g/mol. The Kier molecular flexibility index (Phi) is 11.3. The first-order valence-electron chi connectivity index (χ1n) is 13.2. The van der Waals surface area contributed by atoms with Gasteiger partial charge in [-0.3, -0.25) is 9.59 Å². The van der Waals surface area contributed by atoms with Crippen molar-refractivity contribution in [3.63, 3.8) is 0 Å². The molecule has 3 rings (SSSR count). The molecule has 3 aromatic carbocycles. The van der Waals surface area contributed by atoms with E-state index >= 15 is 0 Å². The number of unbranched alkanes of at least 4 members (excludes halogenated alkanes) is 9. The Morgan fingerprint density at radius 2 is 0.886 bits per heavy atom. The van der Waals surface area contributed by atoms with E-state index < -0.39 is 0 Å². The van der Waals surface area contributed by atoms with E-state index in [2.05, 4.69) is 36.1 Å². The van der Waals surface area contributed by atoms with Crippen LogP contribution in [0.1, 0.15) is 97.4 Å². The van der Waals surface area contributed by atoms with Gasteiger partial charge in [-0.1, -0.05) is 76.8 Å². The van der Waals surface area contributed by atoms with Crippen LogP contribution in [0, 0.1) is 0 Å². The fourth-order valence-corrected chi connectivity index (χ4v) is 4.48. The van der Waals surface area contributed by atoms with Crippen molar-refractivity contribution in [3.8, 4) is 0 Å². The number of rotatable bonds is 16. The lowest BCUT2D eigenvalue weighted by molar-refractivity contribution is 0.111. The van der Waals surface area contributed by atoms with E-state index in [9.17, 15) is 9.59 Å². The van der Waals surface area contributed by atoms with Crippen LogP contribution < -0.4 is 4.90 Å². The summed E-state index contributed by atoms with van der Waals surface area (Å²) in [7, 11) is 0. The smallest absolute Gasteiger partial charge is 0.150 e. The Bertz CT molecular complexity index is 955. The van der Waals surface area contributed by atoms with Gasteiger partial charge >= 0.3 is 0 Å². The van der Waals surface area contributed by atoms with Gasteiger partial charge in [-0.2, -0.15) is 0 Å². The summed E-state index contributed by atoms with van der Waals surface area (Å²) in [6.45, 7) is 2.27. The van der Waals surface area contributed by atoms with Crippen molar-refractivity contribution in [3.05, 3.63) is 89.5 Å². The largest absolute Gasteiger partial charge is 0.311 e. The molecule has 0 fully saturated rings. The Morgan fingerprint density at radius 1 is 0.514 bits per heavy atom. The van der Waals surface area contributed by atoms with Crippen molar-refractivity contribution in [2.45, 2.75) is 77.6 Å². The highest BCUT2D eigenvalue weighted by Crippen LogP contribution is 2.34. The van der Waals surface area contributed by atoms with Gasteiger partial charge in [0.05, 0.1) is 0 Å². The van der Waals surface area contributed by atoms with Gasteiger partial charge in [0.15, 0.2) is 0 Å². The van der Waals surface area contributed by atoms with Crippen molar-refractivity contribution in [2.75, 3.05) is 4.90 Å². The van der Waals surface area contributed by atoms with Gasteiger partial charge in [0.2, 0.25) is 0 Å². The van der Waals surface area contributed by atoms with E-state index in [1.807, 2.05) is 48.5 Å². The van der Waals surface area contributed by atoms with E-state index in [1.54, 1.807) is 0 Å². The maximum Gasteiger partial charge on any atom is 0.150 e. The van der Waals surface area contributed by atoms with Crippen LogP contribution in [0.15, 0.2) is 72.8 Å². The monoisotopic (exact) mass is 469 g/mol. The molecule has 0 radical (unpaired) electrons. The molecule has 0 amide bonds. The molecule has 0 bridgehead atoms. The summed E-state index contributed by atoms with van der Waals surface area (Å²) in [5.74, 6) is 0. The topological polar surface area (TPSA) is 37.4 Å². The maximum absolute atomic E-state index is 11.1. The highest BCUT2D eigenvalue weighted by Gasteiger charge is 2.12. The average molecular weight is 470 g/mol. The van der Waals surface area contributed by atoms with Crippen LogP contribution in [0.25, 0.3) is 0 Å². The van der Waals surface area contributed by atoms with Crippen LogP contribution in [0.2, 0.25) is 0 Å². The molecule has 184 valence electrons. The third-order valence-electron chi connectivity index (χ3n) is 6.59. The molecule has 3 heteroatoms. The highest BCUT2D eigenvalue weighted by molar-refractivity contribution is 5.82. The summed E-state index contributed by atoms with van der Waals surface area (Å²) < 4.78 is 0. The van der Waals surface area contributed by atoms with Gasteiger partial charge in [-0.15, -0.1) is 0 Å². The van der Waals surface area contributed by atoms with Gasteiger partial charge < -0.3 is 4.90 Å². The van der Waals surface area contributed by atoms with Gasteiger partial charge in [-0.25, -0.2) is 0 Å². The molecule has 0 heterocycles. The molecular formula is C32H39NO2. The molecule has 0 aromatic heterocycles. The van der Waals surface area contributed by atoms with E-state index in [0.717, 1.165) is 36.1 Å². The maximum atomic E-state index is 11.1. The van der Waals surface area contributed by atoms with Crippen LogP contribution in [0.3, 0.4) is 0 Å². The van der Waals surface area contributed by atoms with Crippen molar-refractivity contribution < 1.29 is 9.59 Å². The quantitative estimate of drug-likeness (QED) is 0.155. The third-order valence-corrected chi connectivity index (χ3v) is 6.59. The highest BCUT2D eigenvalue weighted by atomic mass is 16.1. The van der Waals surface area contributed by atoms with Crippen LogP contribution in [0.5, 0.6) is 0 Å². The predicted molar refractivity (Wildman–Crippen MR) is 147 cm³/mol. The molecule has 3 aromatic rings. The normalized spacial score (nSPS) is 10.8. The summed E-state index contributed by atoms with van der Waals surface area (Å²) in [5, 5.41) is 0. The first-order valence-corrected chi connectivity index (χ1v) is 13.2. The summed E-state index contributed by atoms with van der Waals surface area (Å²) in [6, 6.07) is 23.9. The van der Waals surface area contributed by atoms with E-state index in [1.165, 1.54) is 69.8 Å². The third kappa shape index (κ3) is 8.51. The summed E-state index contributed by atoms with van der Waals surface area (Å²) in [4.78, 5) is 24.3. The number of aryl methyl sites for hydroxylation is 1. The second kappa shape index (κ2) is 14.9. The van der Waals surface area contributed by atoms with Crippen molar-refractivity contribution >= 4 is 29.6 Å². The number of aldehydes is 2. The molecule has 0 unspecified atom stereocenters. The second-order valence-electron chi connectivity index (χ2n) is 9.35. The predicted octanol–water partition coefficient (Wildman–Crippen LogP) is 9.24. The lowest BCUT2D eigenvalue weighted by Gasteiger charge is -2.26. The Morgan fingerprint density at radius 3 is 1.29 bits per heavy atom. The molecule has 0 spiro atoms. The zero-order valence-electron chi connectivity index (χ0n) is 21.1. The van der Waals surface area contributed by atoms with E-state index in [0.29, 0.717) is 11.1 Å². The first kappa shape index (κ1) is 26.4. The standard InChI is InChI=1S/C32H39NO2/c1-2-3-4-5-6-7-8-9-10-11-12-27-13-19-30(20-14-27)33(31-21-15-28(25-34)16-22-31)32-23-17-29(26-35)18-24-32/h13-26H,2-12H2,1H3. The van der Waals surface area contributed by atoms with Crippen molar-refractivity contribution in [1.82, 2.24) is 0 Å². The summed E-state index contributed by atoms with van der Waals surface area (Å²) >= 11 is 0. The summed E-state index contributed by atoms with van der Waals surface area (Å²) in [5.41, 5.74) is 5.65. The molecule has 0 saturated carbocycles. The van der Waals surface area contributed by atoms with Gasteiger partial charge in [-0.05, 0) is 79.1 Å². The number of anilines is 3. The van der Waals surface area contributed by atoms with Gasteiger partial charge in [0.25, 0.3) is 0 Å². The first-order chi connectivity index (χ1) is 17.2. The Hall–Kier alpha value is -3.20. The lowest BCUT2D eigenvalue weighted by atomic mass is 10.0. The zero-order valence-corrected chi connectivity index (χ0v) is 21.1. The SMILES string of the molecule is CCCCCCCCCCCCc1ccc(N(c2ccc(C=O)cc2)c2ccc(C=O)cc2)cc1. The lowest BCUT2D eigenvalue weighted by Crippen LogP contribution is -2.10. The number of carbonyl (C=O) groups excluding carboxylic acids is 2. The minimum absolute atomic E-state index is 0.650. The Balaban J connectivity index is 1.58. The van der Waals surface area contributed by atoms with Crippen molar-refractivity contribution in [2.24, 2.45) is 0 Å². The molecule has 0 N–H and O–H groups in total. The van der Waals surface area contributed by atoms with E-state index in [-0.39, 0.29) is 0 Å². The average Bonchev–Trinajstić information content (AvgIpc) is 2.91. The molecule has 3 nitrogen and oxygen atoms in total. The Labute approximate surface area is 211 Å². The fourth-order valence-electron chi connectivity index (χ4n) is 4.48. The number of nitrogens with zero attached hydrogens (tertiary/aromatic N) is 1. The molecule has 35 heavy (non-hydrogen) atoms. The molecule has 0 saturated heterocycles. The summed E-state index contributed by atoms with van der Waals surface area (Å²) in [6.07, 6.45) is 16.4. The second-order valence-corrected chi connectivity index (χ2v) is 9.35. The number of carbonyl (C=O) groups is 2. The van der Waals surface area contributed by atoms with Crippen LogP contribution >= 0.6 is 0 Å². The minimum Gasteiger partial charge on any atom is -0.311 e. The number of hydrogen-bond donors (Lipinski definition) is 0. The minimum atomic E-state index is 0.650. The fraction of sp³-hybridized carbons (Fsp3) is 0.375. The molecule has 0 aliphatic rings. The van der Waals surface area contributed by atoms with Crippen molar-refractivity contribution in [1.29, 1.82) is 0 Å². The van der Waals surface area contributed by atoms with Crippen LogP contribution in [0.4, 0.5) is 17.1 Å². The van der Waals surface area contributed by atoms with Gasteiger partial charge in [0.1, 0.15) is 12.6 Å². The van der Waals surface area contributed by atoms with Crippen LogP contribution in [-0.2, 0) is 6.42 Å². The van der Waals surface area contributed by atoms with Crippen LogP contribution in [-0.4, -0.2) is 12.6 Å². The molecule has 0 atom stereocenters. The molecule has 0 aliphatic carbocycles. The number of hydrogen-bond acceptors (Lipinski definition) is 3. The zero-order chi connectivity index (χ0) is 24.7.